The third-order valence-electron chi connectivity index (χ3n) is 5.38. The molecule has 2 aromatic heterocycles. The second kappa shape index (κ2) is 8.72. The Kier molecular flexibility index (Phi) is 5.47. The molecule has 0 fully saturated rings. The van der Waals surface area contributed by atoms with E-state index in [4.69, 9.17) is 4.74 Å². The molecular formula is C25H21N3O3S. The van der Waals surface area contributed by atoms with Crippen LogP contribution in [0.15, 0.2) is 84.4 Å². The van der Waals surface area contributed by atoms with Crippen LogP contribution >= 0.6 is 11.3 Å². The molecule has 2 aromatic carbocycles. The molecule has 0 saturated heterocycles. The van der Waals surface area contributed by atoms with Crippen molar-refractivity contribution in [3.8, 4) is 5.88 Å². The Morgan fingerprint density at radius 3 is 2.62 bits per heavy atom. The highest BCUT2D eigenvalue weighted by atomic mass is 32.1. The number of hydrogen-bond acceptors (Lipinski definition) is 6. The molecule has 0 saturated carbocycles. The maximum Gasteiger partial charge on any atom is 0.315 e. The van der Waals surface area contributed by atoms with Crippen molar-refractivity contribution < 1.29 is 14.6 Å². The monoisotopic (exact) mass is 443 g/mol. The fourth-order valence-electron chi connectivity index (χ4n) is 3.83. The first-order valence-electron chi connectivity index (χ1n) is 10.3. The third-order valence-corrected chi connectivity index (χ3v) is 6.30. The zero-order valence-electron chi connectivity index (χ0n) is 17.2. The minimum Gasteiger partial charge on any atom is -0.492 e. The molecular weight excluding hydrogens is 422 g/mol. The van der Waals surface area contributed by atoms with E-state index >= 15 is 0 Å². The Labute approximate surface area is 189 Å². The number of anilines is 1. The smallest absolute Gasteiger partial charge is 0.315 e. The number of fused-ring (bicyclic) bond motifs is 1. The maximum absolute atomic E-state index is 13.4. The molecule has 0 spiro atoms. The first kappa shape index (κ1) is 20.1. The summed E-state index contributed by atoms with van der Waals surface area (Å²) in [5.74, 6) is -0.930. The molecule has 5 rings (SSSR count). The summed E-state index contributed by atoms with van der Waals surface area (Å²) in [5, 5.41) is 17.9. The van der Waals surface area contributed by atoms with E-state index in [1.807, 2.05) is 77.1 Å². The van der Waals surface area contributed by atoms with Crippen LogP contribution in [0.1, 0.15) is 16.0 Å². The average molecular weight is 444 g/mol. The van der Waals surface area contributed by atoms with E-state index in [9.17, 15) is 9.90 Å². The Balaban J connectivity index is 1.54. The van der Waals surface area contributed by atoms with Crippen molar-refractivity contribution in [3.63, 3.8) is 0 Å². The van der Waals surface area contributed by atoms with Crippen LogP contribution in [-0.4, -0.2) is 27.5 Å². The van der Waals surface area contributed by atoms with Gasteiger partial charge in [-0.15, -0.1) is 16.4 Å². The van der Waals surface area contributed by atoms with Crippen LogP contribution in [0.4, 0.5) is 5.69 Å². The number of hydrogen-bond donors (Lipinski definition) is 1. The van der Waals surface area contributed by atoms with Gasteiger partial charge in [-0.05, 0) is 34.7 Å². The van der Waals surface area contributed by atoms with E-state index in [-0.39, 0.29) is 18.5 Å². The van der Waals surface area contributed by atoms with Crippen molar-refractivity contribution >= 4 is 34.6 Å². The van der Waals surface area contributed by atoms with E-state index in [1.165, 1.54) is 6.07 Å². The van der Waals surface area contributed by atoms with Crippen LogP contribution in [0.3, 0.4) is 0 Å². The van der Waals surface area contributed by atoms with E-state index < -0.39 is 5.92 Å². The van der Waals surface area contributed by atoms with Crippen LogP contribution in [0.25, 0.3) is 11.6 Å². The van der Waals surface area contributed by atoms with Gasteiger partial charge in [-0.2, -0.15) is 4.79 Å². The van der Waals surface area contributed by atoms with E-state index in [0.717, 1.165) is 27.3 Å². The van der Waals surface area contributed by atoms with Gasteiger partial charge in [0, 0.05) is 16.5 Å². The summed E-state index contributed by atoms with van der Waals surface area (Å²) >= 11 is 1.59. The number of carbonyl (C=O) groups excluding carboxylic acids is 1. The maximum atomic E-state index is 13.4. The predicted octanol–water partition coefficient (Wildman–Crippen LogP) is 4.83. The van der Waals surface area contributed by atoms with Gasteiger partial charge in [-0.1, -0.05) is 54.6 Å². The molecule has 3 heterocycles. The molecule has 160 valence electrons. The van der Waals surface area contributed by atoms with Gasteiger partial charge in [0.25, 0.3) is 0 Å². The molecule has 4 aromatic rings. The first-order chi connectivity index (χ1) is 15.7. The number of benzene rings is 2. The lowest BCUT2D eigenvalue weighted by Crippen LogP contribution is -2.38. The lowest BCUT2D eigenvalue weighted by atomic mass is 9.96. The highest BCUT2D eigenvalue weighted by Crippen LogP contribution is 2.38. The van der Waals surface area contributed by atoms with E-state index in [0.29, 0.717) is 6.54 Å². The average Bonchev–Trinajstić information content (AvgIpc) is 3.47. The van der Waals surface area contributed by atoms with Crippen molar-refractivity contribution in [2.75, 3.05) is 11.6 Å². The summed E-state index contributed by atoms with van der Waals surface area (Å²) in [7, 11) is 0. The molecule has 1 aliphatic rings. The molecule has 6 nitrogen and oxygen atoms in total. The summed E-state index contributed by atoms with van der Waals surface area (Å²) < 4.78 is 5.76. The molecule has 1 atom stereocenters. The molecule has 0 amide bonds. The van der Waals surface area contributed by atoms with Gasteiger partial charge in [0.05, 0.1) is 18.4 Å². The molecule has 7 heteroatoms. The van der Waals surface area contributed by atoms with Crippen molar-refractivity contribution in [2.45, 2.75) is 6.61 Å². The standard InChI is InChI=1S/C25H21N3O3S/c29-24-12-13-28(26-24)27-16-21(25(30)31-17-18-7-2-1-3-8-18)20(23-11-6-14-32-23)15-19-9-4-5-10-22(19)27/h1-15,21H,16-17H2,(H,26,29). The number of carbonyl (C=O) groups is 1. The molecule has 1 N–H and O–H groups in total. The van der Waals surface area contributed by atoms with Crippen molar-refractivity contribution in [2.24, 2.45) is 5.92 Å². The summed E-state index contributed by atoms with van der Waals surface area (Å²) in [4.78, 5) is 16.0. The first-order valence-corrected chi connectivity index (χ1v) is 11.1. The summed E-state index contributed by atoms with van der Waals surface area (Å²) in [6.45, 7) is 0.527. The van der Waals surface area contributed by atoms with Crippen LogP contribution < -0.4 is 5.01 Å². The van der Waals surface area contributed by atoms with Crippen LogP contribution in [0.2, 0.25) is 0 Å². The Morgan fingerprint density at radius 2 is 1.88 bits per heavy atom. The van der Waals surface area contributed by atoms with Crippen molar-refractivity contribution in [1.29, 1.82) is 0 Å². The van der Waals surface area contributed by atoms with E-state index in [1.54, 1.807) is 22.3 Å². The summed E-state index contributed by atoms with van der Waals surface area (Å²) in [6, 6.07) is 23.1. The Morgan fingerprint density at radius 1 is 1.06 bits per heavy atom. The lowest BCUT2D eigenvalue weighted by Gasteiger charge is -2.27. The second-order valence-electron chi connectivity index (χ2n) is 7.46. The van der Waals surface area contributed by atoms with Gasteiger partial charge in [-0.25, -0.2) is 0 Å². The Hall–Kier alpha value is -3.84. The van der Waals surface area contributed by atoms with Gasteiger partial charge in [-0.3, -0.25) is 9.80 Å². The molecule has 32 heavy (non-hydrogen) atoms. The number of aromatic hydroxyl groups is 1. The predicted molar refractivity (Wildman–Crippen MR) is 125 cm³/mol. The van der Waals surface area contributed by atoms with Gasteiger partial charge in [0.1, 0.15) is 12.5 Å². The number of thiophene rings is 1. The van der Waals surface area contributed by atoms with Crippen molar-refractivity contribution in [1.82, 2.24) is 9.89 Å². The third kappa shape index (κ3) is 4.02. The molecule has 1 unspecified atom stereocenters. The van der Waals surface area contributed by atoms with Crippen LogP contribution in [0.5, 0.6) is 5.88 Å². The molecule has 0 bridgehead atoms. The number of nitrogens with zero attached hydrogens (tertiary/aromatic N) is 3. The fourth-order valence-corrected chi connectivity index (χ4v) is 4.63. The SMILES string of the molecule is O=C(OCc1ccccc1)C1CN(n2ccc(O)n2)c2ccccc2C=C1c1cccs1. The normalized spacial score (nSPS) is 15.6. The van der Waals surface area contributed by atoms with Gasteiger partial charge < -0.3 is 9.84 Å². The lowest BCUT2D eigenvalue weighted by molar-refractivity contribution is -0.147. The highest BCUT2D eigenvalue weighted by molar-refractivity contribution is 7.11. The van der Waals surface area contributed by atoms with Gasteiger partial charge >= 0.3 is 5.97 Å². The second-order valence-corrected chi connectivity index (χ2v) is 8.41. The number of ether oxygens (including phenoxy) is 1. The highest BCUT2D eigenvalue weighted by Gasteiger charge is 2.33. The minimum atomic E-state index is -0.545. The molecule has 0 radical (unpaired) electrons. The van der Waals surface area contributed by atoms with Crippen molar-refractivity contribution in [3.05, 3.63) is 100 Å². The van der Waals surface area contributed by atoms with Gasteiger partial charge in [0.15, 0.2) is 0 Å². The molecule has 0 aliphatic carbocycles. The van der Waals surface area contributed by atoms with Crippen LogP contribution in [-0.2, 0) is 16.1 Å². The van der Waals surface area contributed by atoms with E-state index in [2.05, 4.69) is 11.2 Å². The quantitative estimate of drug-likeness (QED) is 0.448. The topological polar surface area (TPSA) is 67.6 Å². The number of esters is 1. The number of rotatable bonds is 5. The molecule has 1 aliphatic heterocycles. The zero-order valence-corrected chi connectivity index (χ0v) is 18.0. The number of aromatic nitrogens is 2. The minimum absolute atomic E-state index is 0.0821. The summed E-state index contributed by atoms with van der Waals surface area (Å²) in [6.07, 6.45) is 3.73. The summed E-state index contributed by atoms with van der Waals surface area (Å²) in [5.41, 5.74) is 3.70. The largest absolute Gasteiger partial charge is 0.492 e. The van der Waals surface area contributed by atoms with Crippen LogP contribution in [0, 0.1) is 5.92 Å². The zero-order chi connectivity index (χ0) is 21.9. The number of para-hydroxylation sites is 1. The fraction of sp³-hybridized carbons (Fsp3) is 0.120. The van der Waals surface area contributed by atoms with Gasteiger partial charge in [0.2, 0.25) is 5.88 Å². The Bertz CT molecular complexity index is 1250.